The van der Waals surface area contributed by atoms with E-state index in [1.807, 2.05) is 36.7 Å². The normalized spacial score (nSPS) is 11.3. The summed E-state index contributed by atoms with van der Waals surface area (Å²) in [6, 6.07) is 16.5. The number of hydrogen-bond acceptors (Lipinski definition) is 2. The van der Waals surface area contributed by atoms with Crippen LogP contribution in [0.5, 0.6) is 0 Å². The molecule has 32 heavy (non-hydrogen) atoms. The molecule has 2 aromatic carbocycles. The summed E-state index contributed by atoms with van der Waals surface area (Å²) in [7, 11) is 0. The zero-order valence-electron chi connectivity index (χ0n) is 19.1. The Balaban J connectivity index is 1.44. The zero-order valence-corrected chi connectivity index (χ0v) is 20.7. The molecule has 0 unspecified atom stereocenters. The number of fused-ring (bicyclic) bond motifs is 1. The van der Waals surface area contributed by atoms with Gasteiger partial charge in [-0.25, -0.2) is 0 Å². The molecule has 1 amide bonds. The standard InChI is InChI=1S/C26H29BrN4O/c1-17-19(3)30(16-21-9-6-5-7-10-21)24-12-11-22(15-23(17)24)26(32)28-13-8-14-31-20(4)25(27)18(2)29-31/h5-7,9-12,15H,8,13-14,16H2,1-4H3,(H,28,32). The molecule has 0 saturated heterocycles. The van der Waals surface area contributed by atoms with Gasteiger partial charge in [-0.3, -0.25) is 9.48 Å². The second-order valence-electron chi connectivity index (χ2n) is 8.33. The van der Waals surface area contributed by atoms with Crippen LogP contribution >= 0.6 is 15.9 Å². The molecule has 4 aromatic rings. The van der Waals surface area contributed by atoms with Crippen molar-refractivity contribution in [3.05, 3.63) is 86.8 Å². The fourth-order valence-electron chi connectivity index (χ4n) is 4.19. The number of hydrogen-bond donors (Lipinski definition) is 1. The Morgan fingerprint density at radius 1 is 1.03 bits per heavy atom. The average molecular weight is 493 g/mol. The van der Waals surface area contributed by atoms with Crippen LogP contribution in [0.4, 0.5) is 0 Å². The molecule has 2 heterocycles. The molecule has 0 aliphatic rings. The maximum absolute atomic E-state index is 12.8. The molecular weight excluding hydrogens is 464 g/mol. The summed E-state index contributed by atoms with van der Waals surface area (Å²) < 4.78 is 5.37. The van der Waals surface area contributed by atoms with Crippen LogP contribution in [-0.4, -0.2) is 26.8 Å². The summed E-state index contributed by atoms with van der Waals surface area (Å²) in [5.41, 5.74) is 7.69. The largest absolute Gasteiger partial charge is 0.352 e. The number of rotatable bonds is 7. The fraction of sp³-hybridized carbons (Fsp3) is 0.308. The third kappa shape index (κ3) is 4.37. The number of nitrogens with one attached hydrogen (secondary N) is 1. The molecule has 0 bridgehead atoms. The number of aromatic nitrogens is 3. The summed E-state index contributed by atoms with van der Waals surface area (Å²) in [5, 5.41) is 8.72. The summed E-state index contributed by atoms with van der Waals surface area (Å²) >= 11 is 3.56. The van der Waals surface area contributed by atoms with Crippen LogP contribution in [-0.2, 0) is 13.1 Å². The van der Waals surface area contributed by atoms with Crippen LogP contribution in [0.15, 0.2) is 53.0 Å². The van der Waals surface area contributed by atoms with Gasteiger partial charge < -0.3 is 9.88 Å². The van der Waals surface area contributed by atoms with Gasteiger partial charge in [-0.2, -0.15) is 5.10 Å². The number of aryl methyl sites for hydroxylation is 3. The van der Waals surface area contributed by atoms with Crippen LogP contribution in [0, 0.1) is 27.7 Å². The van der Waals surface area contributed by atoms with E-state index in [2.05, 4.69) is 75.1 Å². The van der Waals surface area contributed by atoms with Crippen molar-refractivity contribution in [1.82, 2.24) is 19.7 Å². The maximum atomic E-state index is 12.8. The van der Waals surface area contributed by atoms with E-state index < -0.39 is 0 Å². The molecule has 6 heteroatoms. The van der Waals surface area contributed by atoms with Crippen molar-refractivity contribution in [3.8, 4) is 0 Å². The fourth-order valence-corrected chi connectivity index (χ4v) is 4.47. The lowest BCUT2D eigenvalue weighted by atomic mass is 10.1. The summed E-state index contributed by atoms with van der Waals surface area (Å²) in [6.07, 6.45) is 0.827. The van der Waals surface area contributed by atoms with Gasteiger partial charge in [0.1, 0.15) is 0 Å². The number of nitrogens with zero attached hydrogens (tertiary/aromatic N) is 3. The van der Waals surface area contributed by atoms with Crippen LogP contribution in [0.25, 0.3) is 10.9 Å². The van der Waals surface area contributed by atoms with Gasteiger partial charge in [-0.15, -0.1) is 0 Å². The average Bonchev–Trinajstić information content (AvgIpc) is 3.19. The number of amides is 1. The molecule has 0 spiro atoms. The maximum Gasteiger partial charge on any atom is 0.251 e. The van der Waals surface area contributed by atoms with E-state index in [1.165, 1.54) is 16.8 Å². The van der Waals surface area contributed by atoms with Gasteiger partial charge in [0.2, 0.25) is 0 Å². The molecule has 2 aromatic heterocycles. The third-order valence-corrected chi connectivity index (χ3v) is 7.36. The van der Waals surface area contributed by atoms with Crippen LogP contribution < -0.4 is 5.32 Å². The Hall–Kier alpha value is -2.86. The van der Waals surface area contributed by atoms with E-state index in [0.717, 1.165) is 46.3 Å². The van der Waals surface area contributed by atoms with E-state index in [4.69, 9.17) is 0 Å². The second-order valence-corrected chi connectivity index (χ2v) is 9.12. The SMILES string of the molecule is Cc1nn(CCCNC(=O)c2ccc3c(c2)c(C)c(C)n3Cc2ccccc2)c(C)c1Br. The first-order chi connectivity index (χ1) is 15.4. The molecule has 5 nitrogen and oxygen atoms in total. The minimum atomic E-state index is -0.0330. The Labute approximate surface area is 197 Å². The van der Waals surface area contributed by atoms with Gasteiger partial charge >= 0.3 is 0 Å². The van der Waals surface area contributed by atoms with Crippen LogP contribution in [0.1, 0.15) is 45.0 Å². The quantitative estimate of drug-likeness (QED) is 0.336. The molecule has 0 aliphatic heterocycles. The lowest BCUT2D eigenvalue weighted by molar-refractivity contribution is 0.0952. The summed E-state index contributed by atoms with van der Waals surface area (Å²) in [5.74, 6) is -0.0330. The molecule has 0 radical (unpaired) electrons. The van der Waals surface area contributed by atoms with E-state index in [-0.39, 0.29) is 5.91 Å². The third-order valence-electron chi connectivity index (χ3n) is 6.21. The molecule has 166 valence electrons. The van der Waals surface area contributed by atoms with Gasteiger partial charge in [-0.1, -0.05) is 30.3 Å². The van der Waals surface area contributed by atoms with Gasteiger partial charge in [0.05, 0.1) is 10.2 Å². The van der Waals surface area contributed by atoms with Crippen molar-refractivity contribution in [2.24, 2.45) is 0 Å². The highest BCUT2D eigenvalue weighted by Crippen LogP contribution is 2.27. The highest BCUT2D eigenvalue weighted by molar-refractivity contribution is 9.10. The summed E-state index contributed by atoms with van der Waals surface area (Å²) in [4.78, 5) is 12.8. The minimum absolute atomic E-state index is 0.0330. The molecule has 0 saturated carbocycles. The van der Waals surface area contributed by atoms with Crippen molar-refractivity contribution >= 4 is 32.7 Å². The van der Waals surface area contributed by atoms with Gasteiger partial charge in [-0.05, 0) is 79.4 Å². The van der Waals surface area contributed by atoms with Crippen molar-refractivity contribution in [3.63, 3.8) is 0 Å². The Kier molecular flexibility index (Phi) is 6.51. The molecule has 0 atom stereocenters. The van der Waals surface area contributed by atoms with E-state index >= 15 is 0 Å². The lowest BCUT2D eigenvalue weighted by Crippen LogP contribution is -2.25. The first-order valence-electron chi connectivity index (χ1n) is 11.0. The number of carbonyl (C=O) groups is 1. The Morgan fingerprint density at radius 3 is 2.47 bits per heavy atom. The molecule has 4 rings (SSSR count). The van der Waals surface area contributed by atoms with Gasteiger partial charge in [0.25, 0.3) is 5.91 Å². The Morgan fingerprint density at radius 2 is 1.78 bits per heavy atom. The number of carbonyl (C=O) groups excluding carboxylic acids is 1. The smallest absolute Gasteiger partial charge is 0.251 e. The molecule has 1 N–H and O–H groups in total. The number of halogens is 1. The Bertz CT molecular complexity index is 1270. The predicted molar refractivity (Wildman–Crippen MR) is 133 cm³/mol. The van der Waals surface area contributed by atoms with E-state index in [1.54, 1.807) is 0 Å². The number of benzene rings is 2. The van der Waals surface area contributed by atoms with Crippen molar-refractivity contribution in [2.75, 3.05) is 6.54 Å². The van der Waals surface area contributed by atoms with E-state index in [9.17, 15) is 4.79 Å². The van der Waals surface area contributed by atoms with Gasteiger partial charge in [0, 0.05) is 47.5 Å². The highest BCUT2D eigenvalue weighted by atomic mass is 79.9. The lowest BCUT2D eigenvalue weighted by Gasteiger charge is -2.09. The van der Waals surface area contributed by atoms with E-state index in [0.29, 0.717) is 12.1 Å². The van der Waals surface area contributed by atoms with Gasteiger partial charge in [0.15, 0.2) is 0 Å². The van der Waals surface area contributed by atoms with Crippen molar-refractivity contribution in [1.29, 1.82) is 0 Å². The minimum Gasteiger partial charge on any atom is -0.352 e. The predicted octanol–water partition coefficient (Wildman–Crippen LogP) is 5.70. The molecular formula is C26H29BrN4O. The second kappa shape index (κ2) is 9.33. The van der Waals surface area contributed by atoms with Crippen molar-refractivity contribution < 1.29 is 4.79 Å². The van der Waals surface area contributed by atoms with Crippen molar-refractivity contribution in [2.45, 2.75) is 47.2 Å². The zero-order chi connectivity index (χ0) is 22.8. The monoisotopic (exact) mass is 492 g/mol. The summed E-state index contributed by atoms with van der Waals surface area (Å²) in [6.45, 7) is 10.5. The van der Waals surface area contributed by atoms with Crippen LogP contribution in [0.2, 0.25) is 0 Å². The van der Waals surface area contributed by atoms with Crippen LogP contribution in [0.3, 0.4) is 0 Å². The highest BCUT2D eigenvalue weighted by Gasteiger charge is 2.14. The first-order valence-corrected chi connectivity index (χ1v) is 11.8. The molecule has 0 aliphatic carbocycles. The molecule has 0 fully saturated rings. The first kappa shape index (κ1) is 22.3. The topological polar surface area (TPSA) is 51.9 Å².